The van der Waals surface area contributed by atoms with Gasteiger partial charge in [-0.25, -0.2) is 13.8 Å². The number of amides is 1. The molecule has 5 rings (SSSR count). The number of aliphatic hydroxyl groups excluding tert-OH is 1. The molecule has 29 heavy (non-hydrogen) atoms. The van der Waals surface area contributed by atoms with Gasteiger partial charge in [0.1, 0.15) is 23.0 Å². The van der Waals surface area contributed by atoms with Crippen molar-refractivity contribution in [2.24, 2.45) is 0 Å². The summed E-state index contributed by atoms with van der Waals surface area (Å²) in [6.45, 7) is 1.35. The number of imidazole rings is 1. The van der Waals surface area contributed by atoms with Crippen molar-refractivity contribution in [3.05, 3.63) is 65.6 Å². The fraction of sp³-hybridized carbons (Fsp3) is 0.333. The van der Waals surface area contributed by atoms with Crippen LogP contribution >= 0.6 is 0 Å². The molecule has 1 atom stereocenters. The number of hydrogen-bond donors (Lipinski definition) is 1. The summed E-state index contributed by atoms with van der Waals surface area (Å²) in [5, 5.41) is 9.46. The zero-order valence-electron chi connectivity index (χ0n) is 15.6. The number of fused-ring (bicyclic) bond motifs is 1. The van der Waals surface area contributed by atoms with Gasteiger partial charge in [-0.05, 0) is 43.2 Å². The van der Waals surface area contributed by atoms with Gasteiger partial charge in [-0.2, -0.15) is 0 Å². The predicted octanol–water partition coefficient (Wildman–Crippen LogP) is 2.77. The number of rotatable bonds is 3. The molecule has 2 fully saturated rings. The topological polar surface area (TPSA) is 61.1 Å². The third kappa shape index (κ3) is 3.04. The highest BCUT2D eigenvalue weighted by atomic mass is 19.1. The van der Waals surface area contributed by atoms with E-state index < -0.39 is 17.7 Å². The maximum absolute atomic E-state index is 14.4. The molecule has 3 aromatic rings. The Morgan fingerprint density at radius 1 is 1.17 bits per heavy atom. The molecule has 4 heterocycles. The molecule has 0 bridgehead atoms. The Balaban J connectivity index is 1.50. The van der Waals surface area contributed by atoms with Gasteiger partial charge in [0.15, 0.2) is 0 Å². The van der Waals surface area contributed by atoms with E-state index >= 15 is 0 Å². The zero-order chi connectivity index (χ0) is 20.1. The highest BCUT2D eigenvalue weighted by Crippen LogP contribution is 2.37. The largest absolute Gasteiger partial charge is 0.389 e. The van der Waals surface area contributed by atoms with Crippen LogP contribution in [-0.4, -0.2) is 51.0 Å². The van der Waals surface area contributed by atoms with Gasteiger partial charge in [0, 0.05) is 31.4 Å². The molecule has 150 valence electrons. The fourth-order valence-corrected chi connectivity index (χ4v) is 4.25. The maximum atomic E-state index is 14.4. The van der Waals surface area contributed by atoms with E-state index in [4.69, 9.17) is 0 Å². The minimum absolute atomic E-state index is 0.186. The average molecular weight is 398 g/mol. The second-order valence-corrected chi connectivity index (χ2v) is 7.64. The summed E-state index contributed by atoms with van der Waals surface area (Å²) in [6, 6.07) is 6.99. The van der Waals surface area contributed by atoms with Crippen LogP contribution < -0.4 is 4.90 Å². The Bertz CT molecular complexity index is 1090. The van der Waals surface area contributed by atoms with Crippen LogP contribution in [-0.2, 0) is 0 Å². The minimum Gasteiger partial charge on any atom is -0.389 e. The highest BCUT2D eigenvalue weighted by Gasteiger charge is 2.32. The first-order valence-corrected chi connectivity index (χ1v) is 9.67. The van der Waals surface area contributed by atoms with Crippen LogP contribution in [0, 0.1) is 11.6 Å². The molecule has 8 heteroatoms. The summed E-state index contributed by atoms with van der Waals surface area (Å²) in [7, 11) is 0. The van der Waals surface area contributed by atoms with Crippen LogP contribution in [0.25, 0.3) is 5.65 Å². The lowest BCUT2D eigenvalue weighted by Crippen LogP contribution is -2.53. The Morgan fingerprint density at radius 2 is 2.00 bits per heavy atom. The average Bonchev–Trinajstić information content (AvgIpc) is 3.33. The number of halogens is 2. The van der Waals surface area contributed by atoms with E-state index in [-0.39, 0.29) is 11.9 Å². The van der Waals surface area contributed by atoms with Crippen molar-refractivity contribution in [3.63, 3.8) is 0 Å². The van der Waals surface area contributed by atoms with Crippen LogP contribution in [0.1, 0.15) is 34.9 Å². The molecule has 0 aliphatic carbocycles. The molecule has 1 N–H and O–H groups in total. The van der Waals surface area contributed by atoms with Crippen molar-refractivity contribution in [2.75, 3.05) is 24.5 Å². The van der Waals surface area contributed by atoms with Crippen LogP contribution in [0.5, 0.6) is 0 Å². The molecule has 2 aromatic heterocycles. The number of aromatic nitrogens is 2. The van der Waals surface area contributed by atoms with Crippen LogP contribution in [0.2, 0.25) is 0 Å². The SMILES string of the molecule is O=C(c1cnc2ccc(N3CCCC3c3cc(F)ccc3F)cn12)N1CC(O)C1. The number of carbonyl (C=O) groups is 1. The standard InChI is InChI=1S/C21H20F2N4O2/c22-13-3-5-17(23)16(8-13)18-2-1-7-26(18)14-4-6-20-24-9-19(27(20)10-14)21(29)25-11-15(28)12-25/h3-6,8-10,15,18,28H,1-2,7,11-12H2. The molecule has 0 spiro atoms. The number of nitrogens with zero attached hydrogens (tertiary/aromatic N) is 4. The zero-order valence-corrected chi connectivity index (χ0v) is 15.6. The summed E-state index contributed by atoms with van der Waals surface area (Å²) in [5.74, 6) is -1.06. The summed E-state index contributed by atoms with van der Waals surface area (Å²) < 4.78 is 29.8. The van der Waals surface area contributed by atoms with Gasteiger partial charge in [0.05, 0.1) is 24.0 Å². The Kier molecular flexibility index (Phi) is 4.24. The molecular formula is C21H20F2N4O2. The minimum atomic E-state index is -0.472. The third-order valence-corrected chi connectivity index (χ3v) is 5.76. The normalized spacial score (nSPS) is 19.8. The lowest BCUT2D eigenvalue weighted by atomic mass is 10.0. The smallest absolute Gasteiger partial charge is 0.272 e. The first kappa shape index (κ1) is 18.1. The fourth-order valence-electron chi connectivity index (χ4n) is 4.25. The van der Waals surface area contributed by atoms with E-state index in [0.717, 1.165) is 24.6 Å². The third-order valence-electron chi connectivity index (χ3n) is 5.76. The monoisotopic (exact) mass is 398 g/mol. The van der Waals surface area contributed by atoms with Gasteiger partial charge in [-0.15, -0.1) is 0 Å². The summed E-state index contributed by atoms with van der Waals surface area (Å²) in [4.78, 5) is 20.6. The van der Waals surface area contributed by atoms with Gasteiger partial charge in [-0.3, -0.25) is 9.20 Å². The first-order chi connectivity index (χ1) is 14.0. The summed E-state index contributed by atoms with van der Waals surface area (Å²) in [5.41, 5.74) is 2.21. The Hall–Kier alpha value is -3.00. The second-order valence-electron chi connectivity index (χ2n) is 7.64. The molecule has 2 aliphatic rings. The number of benzene rings is 1. The van der Waals surface area contributed by atoms with E-state index in [9.17, 15) is 18.7 Å². The molecule has 1 aromatic carbocycles. The number of aliphatic hydroxyl groups is 1. The molecule has 2 saturated heterocycles. The number of β-amino-alcohol motifs (C(OH)–C–C–N with tert-alkyl or cyclic N) is 1. The lowest BCUT2D eigenvalue weighted by Gasteiger charge is -2.35. The van der Waals surface area contributed by atoms with Crippen molar-refractivity contribution in [1.29, 1.82) is 0 Å². The van der Waals surface area contributed by atoms with Crippen LogP contribution in [0.3, 0.4) is 0 Å². The van der Waals surface area contributed by atoms with Crippen molar-refractivity contribution < 1.29 is 18.7 Å². The lowest BCUT2D eigenvalue weighted by molar-refractivity contribution is 0.00543. The summed E-state index contributed by atoms with van der Waals surface area (Å²) >= 11 is 0. The van der Waals surface area contributed by atoms with Crippen molar-refractivity contribution in [2.45, 2.75) is 25.0 Å². The molecule has 1 unspecified atom stereocenters. The summed E-state index contributed by atoms with van der Waals surface area (Å²) in [6.07, 6.45) is 4.46. The second kappa shape index (κ2) is 6.81. The maximum Gasteiger partial charge on any atom is 0.272 e. The van der Waals surface area contributed by atoms with E-state index in [0.29, 0.717) is 36.5 Å². The van der Waals surface area contributed by atoms with Crippen LogP contribution in [0.4, 0.5) is 14.5 Å². The molecule has 1 amide bonds. The van der Waals surface area contributed by atoms with E-state index in [1.54, 1.807) is 9.30 Å². The van der Waals surface area contributed by atoms with Gasteiger partial charge < -0.3 is 14.9 Å². The van der Waals surface area contributed by atoms with Gasteiger partial charge in [0.25, 0.3) is 5.91 Å². The molecule has 2 aliphatic heterocycles. The number of anilines is 1. The predicted molar refractivity (Wildman–Crippen MR) is 103 cm³/mol. The van der Waals surface area contributed by atoms with E-state index in [1.165, 1.54) is 18.3 Å². The van der Waals surface area contributed by atoms with Crippen molar-refractivity contribution >= 4 is 17.2 Å². The van der Waals surface area contributed by atoms with Crippen LogP contribution in [0.15, 0.2) is 42.7 Å². The quantitative estimate of drug-likeness (QED) is 0.737. The van der Waals surface area contributed by atoms with Gasteiger partial charge in [0.2, 0.25) is 0 Å². The number of likely N-dealkylation sites (tertiary alicyclic amines) is 1. The van der Waals surface area contributed by atoms with E-state index in [2.05, 4.69) is 4.98 Å². The van der Waals surface area contributed by atoms with Crippen molar-refractivity contribution in [1.82, 2.24) is 14.3 Å². The van der Waals surface area contributed by atoms with E-state index in [1.807, 2.05) is 23.2 Å². The number of hydrogen-bond acceptors (Lipinski definition) is 4. The molecule has 6 nitrogen and oxygen atoms in total. The van der Waals surface area contributed by atoms with Gasteiger partial charge in [-0.1, -0.05) is 0 Å². The first-order valence-electron chi connectivity index (χ1n) is 9.67. The molecule has 0 radical (unpaired) electrons. The number of carbonyl (C=O) groups excluding carboxylic acids is 1. The molecule has 0 saturated carbocycles. The number of pyridine rings is 1. The Morgan fingerprint density at radius 3 is 2.79 bits per heavy atom. The van der Waals surface area contributed by atoms with Gasteiger partial charge >= 0.3 is 0 Å². The Labute approximate surface area is 166 Å². The highest BCUT2D eigenvalue weighted by molar-refractivity contribution is 5.94. The molecular weight excluding hydrogens is 378 g/mol. The van der Waals surface area contributed by atoms with Crippen molar-refractivity contribution in [3.8, 4) is 0 Å².